The second-order valence-corrected chi connectivity index (χ2v) is 2.88. The Labute approximate surface area is 60.5 Å². The molecule has 0 aromatic carbocycles. The van der Waals surface area contributed by atoms with Crippen LogP contribution in [-0.4, -0.2) is 10.9 Å². The molecular formula is C7H12OS. The molecule has 0 aromatic rings. The smallest absolute Gasteiger partial charge is 0.186 e. The van der Waals surface area contributed by atoms with Gasteiger partial charge in [0.1, 0.15) is 0 Å². The zero-order valence-corrected chi connectivity index (χ0v) is 6.70. The first-order chi connectivity index (χ1) is 4.27. The predicted octanol–water partition coefficient (Wildman–Crippen LogP) is 2.23. The molecule has 0 bridgehead atoms. The first-order valence-corrected chi connectivity index (χ1v) is 4.04. The molecule has 0 atom stereocenters. The van der Waals surface area contributed by atoms with Gasteiger partial charge in [-0.2, -0.15) is 0 Å². The largest absolute Gasteiger partial charge is 0.288 e. The van der Waals surface area contributed by atoms with E-state index < -0.39 is 0 Å². The minimum absolute atomic E-state index is 0.191. The van der Waals surface area contributed by atoms with Crippen LogP contribution in [0.15, 0.2) is 12.2 Å². The molecule has 0 radical (unpaired) electrons. The fourth-order valence-corrected chi connectivity index (χ4v) is 0.867. The first-order valence-electron chi connectivity index (χ1n) is 3.05. The van der Waals surface area contributed by atoms with Crippen LogP contribution in [0.1, 0.15) is 20.3 Å². The maximum Gasteiger partial charge on any atom is 0.186 e. The maximum atomic E-state index is 10.3. The number of allylic oxidation sites excluding steroid dienone is 1. The van der Waals surface area contributed by atoms with Gasteiger partial charge in [0.05, 0.1) is 0 Å². The quantitative estimate of drug-likeness (QED) is 0.565. The Kier molecular flexibility index (Phi) is 5.73. The highest BCUT2D eigenvalue weighted by Gasteiger charge is 1.87. The van der Waals surface area contributed by atoms with Crippen molar-refractivity contribution >= 4 is 16.9 Å². The number of carbonyl (C=O) groups excluding carboxylic acids is 1. The van der Waals surface area contributed by atoms with Crippen LogP contribution in [-0.2, 0) is 4.79 Å². The third kappa shape index (κ3) is 7.76. The van der Waals surface area contributed by atoms with Crippen molar-refractivity contribution in [2.24, 2.45) is 0 Å². The minimum Gasteiger partial charge on any atom is -0.288 e. The lowest BCUT2D eigenvalue weighted by Crippen LogP contribution is -1.80. The van der Waals surface area contributed by atoms with Gasteiger partial charge in [0, 0.05) is 12.7 Å². The van der Waals surface area contributed by atoms with E-state index in [0.29, 0.717) is 0 Å². The second-order valence-electron chi connectivity index (χ2n) is 1.68. The van der Waals surface area contributed by atoms with Gasteiger partial charge >= 0.3 is 0 Å². The standard InChI is InChI=1S/C7H12OS/c1-3-4-5-6-9-7(2)8/h4-5H,3,6H2,1-2H3/b5-4+. The molecule has 0 aliphatic heterocycles. The van der Waals surface area contributed by atoms with Crippen molar-refractivity contribution in [3.8, 4) is 0 Å². The van der Waals surface area contributed by atoms with Crippen molar-refractivity contribution < 1.29 is 4.79 Å². The summed E-state index contributed by atoms with van der Waals surface area (Å²) in [7, 11) is 0. The van der Waals surface area contributed by atoms with Crippen LogP contribution in [0.25, 0.3) is 0 Å². The third-order valence-corrected chi connectivity index (χ3v) is 1.55. The van der Waals surface area contributed by atoms with Gasteiger partial charge in [-0.05, 0) is 6.42 Å². The molecule has 52 valence electrons. The Balaban J connectivity index is 3.09. The second kappa shape index (κ2) is 5.89. The van der Waals surface area contributed by atoms with Gasteiger partial charge in [-0.1, -0.05) is 30.8 Å². The average Bonchev–Trinajstić information content (AvgIpc) is 1.80. The Morgan fingerprint density at radius 1 is 1.56 bits per heavy atom. The van der Waals surface area contributed by atoms with Crippen LogP contribution in [0.4, 0.5) is 0 Å². The van der Waals surface area contributed by atoms with Crippen LogP contribution in [0.3, 0.4) is 0 Å². The lowest BCUT2D eigenvalue weighted by atomic mass is 10.4. The zero-order chi connectivity index (χ0) is 7.11. The van der Waals surface area contributed by atoms with Crippen molar-refractivity contribution in [3.05, 3.63) is 12.2 Å². The van der Waals surface area contributed by atoms with Crippen LogP contribution < -0.4 is 0 Å². The summed E-state index contributed by atoms with van der Waals surface area (Å²) in [5, 5.41) is 0.191. The van der Waals surface area contributed by atoms with E-state index in [2.05, 4.69) is 13.0 Å². The molecule has 0 aromatic heterocycles. The molecule has 0 saturated heterocycles. The topological polar surface area (TPSA) is 17.1 Å². The van der Waals surface area contributed by atoms with Gasteiger partial charge in [0.2, 0.25) is 0 Å². The first kappa shape index (κ1) is 8.76. The van der Waals surface area contributed by atoms with E-state index in [1.165, 1.54) is 11.8 Å². The zero-order valence-electron chi connectivity index (χ0n) is 5.89. The van der Waals surface area contributed by atoms with Crippen LogP contribution in [0, 0.1) is 0 Å². The van der Waals surface area contributed by atoms with E-state index >= 15 is 0 Å². The van der Waals surface area contributed by atoms with E-state index in [1.807, 2.05) is 6.08 Å². The summed E-state index contributed by atoms with van der Waals surface area (Å²) in [5.74, 6) is 0.823. The van der Waals surface area contributed by atoms with Crippen molar-refractivity contribution in [1.82, 2.24) is 0 Å². The van der Waals surface area contributed by atoms with Crippen molar-refractivity contribution in [1.29, 1.82) is 0 Å². The molecule has 0 spiro atoms. The number of carbonyl (C=O) groups is 1. The van der Waals surface area contributed by atoms with Crippen molar-refractivity contribution in [2.45, 2.75) is 20.3 Å². The highest BCUT2D eigenvalue weighted by molar-refractivity contribution is 8.13. The van der Waals surface area contributed by atoms with E-state index in [4.69, 9.17) is 0 Å². The molecule has 0 fully saturated rings. The molecule has 0 heterocycles. The number of thioether (sulfide) groups is 1. The highest BCUT2D eigenvalue weighted by atomic mass is 32.2. The summed E-state index contributed by atoms with van der Waals surface area (Å²) in [6.07, 6.45) is 5.14. The lowest BCUT2D eigenvalue weighted by molar-refractivity contribution is -0.109. The molecule has 0 aliphatic rings. The molecule has 0 amide bonds. The van der Waals surface area contributed by atoms with Gasteiger partial charge in [-0.25, -0.2) is 0 Å². The SMILES string of the molecule is CC/C=C/CSC(C)=O. The van der Waals surface area contributed by atoms with E-state index in [9.17, 15) is 4.79 Å². The van der Waals surface area contributed by atoms with Crippen molar-refractivity contribution in [2.75, 3.05) is 5.75 Å². The summed E-state index contributed by atoms with van der Waals surface area (Å²) in [4.78, 5) is 10.3. The fourth-order valence-electron chi connectivity index (χ4n) is 0.400. The molecule has 9 heavy (non-hydrogen) atoms. The summed E-state index contributed by atoms with van der Waals surface area (Å²) < 4.78 is 0. The maximum absolute atomic E-state index is 10.3. The summed E-state index contributed by atoms with van der Waals surface area (Å²) in [6.45, 7) is 3.67. The monoisotopic (exact) mass is 144 g/mol. The van der Waals surface area contributed by atoms with E-state index in [1.54, 1.807) is 6.92 Å². The Bertz CT molecular complexity index is 107. The van der Waals surface area contributed by atoms with Gasteiger partial charge in [0.15, 0.2) is 5.12 Å². The van der Waals surface area contributed by atoms with Crippen LogP contribution >= 0.6 is 11.8 Å². The van der Waals surface area contributed by atoms with E-state index in [-0.39, 0.29) is 5.12 Å². The molecule has 0 aliphatic carbocycles. The molecule has 1 nitrogen and oxygen atoms in total. The molecular weight excluding hydrogens is 132 g/mol. The lowest BCUT2D eigenvalue weighted by Gasteiger charge is -1.85. The Hall–Kier alpha value is -0.240. The number of hydrogen-bond donors (Lipinski definition) is 0. The molecule has 0 saturated carbocycles. The molecule has 0 rings (SSSR count). The Morgan fingerprint density at radius 2 is 2.22 bits per heavy atom. The van der Waals surface area contributed by atoms with E-state index in [0.717, 1.165) is 12.2 Å². The van der Waals surface area contributed by atoms with Crippen molar-refractivity contribution in [3.63, 3.8) is 0 Å². The predicted molar refractivity (Wildman–Crippen MR) is 42.6 cm³/mol. The average molecular weight is 144 g/mol. The van der Waals surface area contributed by atoms with Crippen LogP contribution in [0.5, 0.6) is 0 Å². The normalized spacial score (nSPS) is 10.4. The van der Waals surface area contributed by atoms with Crippen LogP contribution in [0.2, 0.25) is 0 Å². The summed E-state index contributed by atoms with van der Waals surface area (Å²) >= 11 is 1.35. The fraction of sp³-hybridized carbons (Fsp3) is 0.571. The minimum atomic E-state index is 0.191. The van der Waals surface area contributed by atoms with Gasteiger partial charge in [-0.15, -0.1) is 0 Å². The van der Waals surface area contributed by atoms with Gasteiger partial charge < -0.3 is 0 Å². The highest BCUT2D eigenvalue weighted by Crippen LogP contribution is 2.00. The van der Waals surface area contributed by atoms with Gasteiger partial charge in [0.25, 0.3) is 0 Å². The number of rotatable bonds is 3. The Morgan fingerprint density at radius 3 is 2.67 bits per heavy atom. The molecule has 2 heteroatoms. The third-order valence-electron chi connectivity index (χ3n) is 0.785. The summed E-state index contributed by atoms with van der Waals surface area (Å²) in [5.41, 5.74) is 0. The molecule has 0 unspecified atom stereocenters. The number of hydrogen-bond acceptors (Lipinski definition) is 2. The van der Waals surface area contributed by atoms with Gasteiger partial charge in [-0.3, -0.25) is 4.79 Å². The molecule has 0 N–H and O–H groups in total. The summed E-state index contributed by atoms with van der Waals surface area (Å²) in [6, 6.07) is 0.